The number of rotatable bonds is 11. The summed E-state index contributed by atoms with van der Waals surface area (Å²) in [6.45, 7) is 4.67. The molecule has 0 spiro atoms. The average molecular weight is 278 g/mol. The Morgan fingerprint density at radius 2 is 1.79 bits per heavy atom. The highest BCUT2D eigenvalue weighted by Crippen LogP contribution is 2.23. The second-order valence-corrected chi connectivity index (χ2v) is 6.97. The molecule has 108 valence electrons. The van der Waals surface area contributed by atoms with Crippen molar-refractivity contribution in [3.05, 3.63) is 35.9 Å². The molecule has 0 nitrogen and oxygen atoms in total. The molecule has 19 heavy (non-hydrogen) atoms. The fourth-order valence-electron chi connectivity index (χ4n) is 2.47. The van der Waals surface area contributed by atoms with E-state index in [-0.39, 0.29) is 0 Å². The van der Waals surface area contributed by atoms with E-state index >= 15 is 0 Å². The van der Waals surface area contributed by atoms with E-state index in [9.17, 15) is 0 Å². The highest BCUT2D eigenvalue weighted by Gasteiger charge is 2.04. The Morgan fingerprint density at radius 1 is 1.00 bits per heavy atom. The van der Waals surface area contributed by atoms with Gasteiger partial charge >= 0.3 is 0 Å². The van der Waals surface area contributed by atoms with Crippen LogP contribution in [0, 0.1) is 5.92 Å². The first-order chi connectivity index (χ1) is 9.36. The van der Waals surface area contributed by atoms with Gasteiger partial charge in [0, 0.05) is 0 Å². The maximum absolute atomic E-state index is 2.36. The standard InChI is InChI=1S/C18H31P/c1-3-5-11-17(4-2)16-19-15-10-9-14-18-12-7-6-8-13-18/h6-8,12-13,17,19H,3-5,9-11,14-16H2,1-2H3. The Hall–Kier alpha value is -0.350. The molecule has 0 aliphatic heterocycles. The van der Waals surface area contributed by atoms with Crippen molar-refractivity contribution >= 4 is 8.58 Å². The summed E-state index contributed by atoms with van der Waals surface area (Å²) in [5.41, 5.74) is 1.50. The van der Waals surface area contributed by atoms with Crippen molar-refractivity contribution in [2.75, 3.05) is 12.3 Å². The quantitative estimate of drug-likeness (QED) is 0.349. The Kier molecular flexibility index (Phi) is 10.1. The first-order valence-electron chi connectivity index (χ1n) is 8.11. The largest absolute Gasteiger partial charge is 0.122 e. The minimum Gasteiger partial charge on any atom is -0.122 e. The topological polar surface area (TPSA) is 0 Å². The lowest BCUT2D eigenvalue weighted by Gasteiger charge is -2.13. The molecule has 2 atom stereocenters. The first kappa shape index (κ1) is 16.7. The summed E-state index contributed by atoms with van der Waals surface area (Å²) in [5.74, 6) is 1.01. The molecule has 0 saturated carbocycles. The summed E-state index contributed by atoms with van der Waals surface area (Å²) in [6, 6.07) is 10.9. The predicted octanol–water partition coefficient (Wildman–Crippen LogP) is 5.90. The molecular weight excluding hydrogens is 247 g/mol. The minimum absolute atomic E-state index is 1.01. The fraction of sp³-hybridized carbons (Fsp3) is 0.667. The zero-order valence-electron chi connectivity index (χ0n) is 12.8. The molecule has 1 aromatic carbocycles. The summed E-state index contributed by atoms with van der Waals surface area (Å²) in [6.07, 6.45) is 12.6. The van der Waals surface area contributed by atoms with Crippen LogP contribution in [-0.4, -0.2) is 12.3 Å². The maximum atomic E-state index is 2.36. The van der Waals surface area contributed by atoms with Gasteiger partial charge in [0.25, 0.3) is 0 Å². The van der Waals surface area contributed by atoms with E-state index in [4.69, 9.17) is 0 Å². The van der Waals surface area contributed by atoms with E-state index in [1.54, 1.807) is 0 Å². The van der Waals surface area contributed by atoms with Gasteiger partial charge in [0.15, 0.2) is 0 Å². The average Bonchev–Trinajstić information content (AvgIpc) is 2.47. The van der Waals surface area contributed by atoms with Crippen LogP contribution in [0.2, 0.25) is 0 Å². The van der Waals surface area contributed by atoms with E-state index in [2.05, 4.69) is 44.2 Å². The van der Waals surface area contributed by atoms with Crippen LogP contribution in [0.1, 0.15) is 57.9 Å². The van der Waals surface area contributed by atoms with E-state index < -0.39 is 0 Å². The molecule has 0 aliphatic rings. The molecule has 0 saturated heterocycles. The Morgan fingerprint density at radius 3 is 2.47 bits per heavy atom. The van der Waals surface area contributed by atoms with Crippen molar-refractivity contribution in [2.24, 2.45) is 5.92 Å². The zero-order valence-corrected chi connectivity index (χ0v) is 13.8. The minimum atomic E-state index is 1.01. The summed E-state index contributed by atoms with van der Waals surface area (Å²) in [5, 5.41) is 0. The number of unbranched alkanes of at least 4 members (excludes halogenated alkanes) is 2. The van der Waals surface area contributed by atoms with E-state index in [0.29, 0.717) is 0 Å². The van der Waals surface area contributed by atoms with E-state index in [1.165, 1.54) is 71.4 Å². The third-order valence-corrected chi connectivity index (χ3v) is 5.46. The highest BCUT2D eigenvalue weighted by atomic mass is 31.1. The Bertz CT molecular complexity index is 294. The third-order valence-electron chi connectivity index (χ3n) is 3.89. The van der Waals surface area contributed by atoms with Gasteiger partial charge in [-0.05, 0) is 43.1 Å². The lowest BCUT2D eigenvalue weighted by molar-refractivity contribution is 0.498. The zero-order chi connectivity index (χ0) is 13.8. The van der Waals surface area contributed by atoms with Crippen LogP contribution < -0.4 is 0 Å². The molecule has 1 rings (SSSR count). The summed E-state index contributed by atoms with van der Waals surface area (Å²) >= 11 is 0. The number of aryl methyl sites for hydroxylation is 1. The van der Waals surface area contributed by atoms with Gasteiger partial charge in [0.1, 0.15) is 0 Å². The molecule has 1 aromatic rings. The monoisotopic (exact) mass is 278 g/mol. The van der Waals surface area contributed by atoms with Gasteiger partial charge in [-0.2, -0.15) is 0 Å². The van der Waals surface area contributed by atoms with Gasteiger partial charge in [-0.25, -0.2) is 0 Å². The van der Waals surface area contributed by atoms with Crippen LogP contribution in [-0.2, 0) is 6.42 Å². The smallest absolute Gasteiger partial charge is 0.0279 e. The summed E-state index contributed by atoms with van der Waals surface area (Å²) in [4.78, 5) is 0. The molecule has 0 amide bonds. The van der Waals surface area contributed by atoms with Crippen molar-refractivity contribution < 1.29 is 0 Å². The van der Waals surface area contributed by atoms with Crippen molar-refractivity contribution in [1.82, 2.24) is 0 Å². The van der Waals surface area contributed by atoms with Gasteiger partial charge in [0.2, 0.25) is 0 Å². The van der Waals surface area contributed by atoms with Crippen molar-refractivity contribution in [1.29, 1.82) is 0 Å². The van der Waals surface area contributed by atoms with Gasteiger partial charge < -0.3 is 0 Å². The normalized spacial score (nSPS) is 13.2. The summed E-state index contributed by atoms with van der Waals surface area (Å²) < 4.78 is 0. The van der Waals surface area contributed by atoms with Gasteiger partial charge in [-0.15, -0.1) is 8.58 Å². The molecule has 0 N–H and O–H groups in total. The first-order valence-corrected chi connectivity index (χ1v) is 9.52. The fourth-order valence-corrected chi connectivity index (χ4v) is 4.08. The molecule has 1 heteroatoms. The second kappa shape index (κ2) is 11.5. The van der Waals surface area contributed by atoms with E-state index in [0.717, 1.165) is 5.92 Å². The highest BCUT2D eigenvalue weighted by molar-refractivity contribution is 7.37. The van der Waals surface area contributed by atoms with E-state index in [1.807, 2.05) is 0 Å². The Balaban J connectivity index is 1.98. The van der Waals surface area contributed by atoms with Gasteiger partial charge in [0.05, 0.1) is 0 Å². The number of hydrogen-bond donors (Lipinski definition) is 0. The third kappa shape index (κ3) is 8.43. The molecule has 0 heterocycles. The lowest BCUT2D eigenvalue weighted by atomic mass is 10.0. The molecular formula is C18H31P. The number of hydrogen-bond acceptors (Lipinski definition) is 0. The second-order valence-electron chi connectivity index (χ2n) is 5.56. The summed E-state index contributed by atoms with van der Waals surface area (Å²) in [7, 11) is 1.20. The number of benzene rings is 1. The SMILES string of the molecule is CCCCC(CC)CPCCCCc1ccccc1. The molecule has 0 radical (unpaired) electrons. The van der Waals surface area contributed by atoms with Crippen molar-refractivity contribution in [2.45, 2.75) is 58.8 Å². The van der Waals surface area contributed by atoms with Crippen LogP contribution in [0.3, 0.4) is 0 Å². The molecule has 0 fully saturated rings. The lowest BCUT2D eigenvalue weighted by Crippen LogP contribution is -2.01. The molecule has 0 aromatic heterocycles. The van der Waals surface area contributed by atoms with Crippen molar-refractivity contribution in [3.8, 4) is 0 Å². The predicted molar refractivity (Wildman–Crippen MR) is 90.7 cm³/mol. The van der Waals surface area contributed by atoms with Crippen LogP contribution in [0.25, 0.3) is 0 Å². The van der Waals surface area contributed by atoms with Crippen LogP contribution in [0.5, 0.6) is 0 Å². The molecule has 0 aliphatic carbocycles. The van der Waals surface area contributed by atoms with Crippen LogP contribution in [0.15, 0.2) is 30.3 Å². The van der Waals surface area contributed by atoms with Crippen molar-refractivity contribution in [3.63, 3.8) is 0 Å². The van der Waals surface area contributed by atoms with Crippen LogP contribution in [0.4, 0.5) is 0 Å². The maximum Gasteiger partial charge on any atom is -0.0279 e. The molecule has 2 unspecified atom stereocenters. The van der Waals surface area contributed by atoms with Crippen LogP contribution >= 0.6 is 8.58 Å². The van der Waals surface area contributed by atoms with Gasteiger partial charge in [-0.1, -0.05) is 69.9 Å². The molecule has 0 bridgehead atoms. The Labute approximate surface area is 122 Å². The van der Waals surface area contributed by atoms with Gasteiger partial charge in [-0.3, -0.25) is 0 Å².